The fourth-order valence-electron chi connectivity index (χ4n) is 2.48. The molecule has 1 aliphatic rings. The van der Waals surface area contributed by atoms with E-state index in [9.17, 15) is 5.11 Å². The summed E-state index contributed by atoms with van der Waals surface area (Å²) in [7, 11) is 0. The van der Waals surface area contributed by atoms with Crippen LogP contribution in [0.2, 0.25) is 0 Å². The maximum Gasteiger partial charge on any atom is 0.122 e. The van der Waals surface area contributed by atoms with Crippen LogP contribution in [-0.4, -0.2) is 11.7 Å². The van der Waals surface area contributed by atoms with Gasteiger partial charge < -0.3 is 9.84 Å². The molecule has 0 fully saturated rings. The van der Waals surface area contributed by atoms with Gasteiger partial charge in [0.25, 0.3) is 0 Å². The highest BCUT2D eigenvalue weighted by molar-refractivity contribution is 9.10. The van der Waals surface area contributed by atoms with E-state index in [2.05, 4.69) is 15.9 Å². The molecule has 0 spiro atoms. The second-order valence-electron chi connectivity index (χ2n) is 4.82. The van der Waals surface area contributed by atoms with Crippen molar-refractivity contribution in [3.05, 3.63) is 63.1 Å². The first-order valence-electron chi connectivity index (χ1n) is 6.35. The summed E-state index contributed by atoms with van der Waals surface area (Å²) in [5.41, 5.74) is 4.12. The molecule has 3 heteroatoms. The first-order valence-corrected chi connectivity index (χ1v) is 7.15. The highest BCUT2D eigenvalue weighted by Gasteiger charge is 2.18. The number of hydrogen-bond donors (Lipinski definition) is 1. The van der Waals surface area contributed by atoms with Crippen LogP contribution in [-0.2, 0) is 6.42 Å². The SMILES string of the molecule is Cc1c(Br)cccc1C(O)c1ccc2c(c1)CCO2. The molecule has 0 saturated carbocycles. The Bertz CT molecular complexity index is 622. The van der Waals surface area contributed by atoms with Crippen LogP contribution in [0.15, 0.2) is 40.9 Å². The van der Waals surface area contributed by atoms with Gasteiger partial charge in [0.1, 0.15) is 11.9 Å². The van der Waals surface area contributed by atoms with Crippen LogP contribution in [0.4, 0.5) is 0 Å². The van der Waals surface area contributed by atoms with Crippen molar-refractivity contribution in [1.29, 1.82) is 0 Å². The van der Waals surface area contributed by atoms with Gasteiger partial charge in [-0.3, -0.25) is 0 Å². The van der Waals surface area contributed by atoms with Gasteiger partial charge in [-0.05, 0) is 47.4 Å². The molecule has 2 aromatic rings. The number of fused-ring (bicyclic) bond motifs is 1. The molecule has 2 aromatic carbocycles. The molecule has 1 N–H and O–H groups in total. The maximum absolute atomic E-state index is 10.6. The first kappa shape index (κ1) is 12.7. The number of rotatable bonds is 2. The summed E-state index contributed by atoms with van der Waals surface area (Å²) >= 11 is 3.51. The van der Waals surface area contributed by atoms with Gasteiger partial charge in [-0.2, -0.15) is 0 Å². The van der Waals surface area contributed by atoms with Crippen molar-refractivity contribution in [3.8, 4) is 5.75 Å². The Morgan fingerprint density at radius 1 is 1.26 bits per heavy atom. The molecule has 3 rings (SSSR count). The van der Waals surface area contributed by atoms with Crippen LogP contribution in [0.1, 0.15) is 28.4 Å². The Morgan fingerprint density at radius 3 is 2.95 bits per heavy atom. The predicted molar refractivity (Wildman–Crippen MR) is 78.6 cm³/mol. The van der Waals surface area contributed by atoms with Crippen molar-refractivity contribution >= 4 is 15.9 Å². The third-order valence-corrected chi connectivity index (χ3v) is 4.49. The lowest BCUT2D eigenvalue weighted by molar-refractivity contribution is 0.219. The van der Waals surface area contributed by atoms with Crippen molar-refractivity contribution in [1.82, 2.24) is 0 Å². The predicted octanol–water partition coefficient (Wildman–Crippen LogP) is 3.77. The Labute approximate surface area is 121 Å². The van der Waals surface area contributed by atoms with Crippen molar-refractivity contribution in [3.63, 3.8) is 0 Å². The number of halogens is 1. The van der Waals surface area contributed by atoms with Gasteiger partial charge in [-0.15, -0.1) is 0 Å². The van der Waals surface area contributed by atoms with E-state index in [0.29, 0.717) is 0 Å². The van der Waals surface area contributed by atoms with Gasteiger partial charge >= 0.3 is 0 Å². The van der Waals surface area contributed by atoms with Crippen LogP contribution in [0.5, 0.6) is 5.75 Å². The molecule has 19 heavy (non-hydrogen) atoms. The largest absolute Gasteiger partial charge is 0.493 e. The number of ether oxygens (including phenoxy) is 1. The van der Waals surface area contributed by atoms with E-state index in [1.165, 1.54) is 5.56 Å². The van der Waals surface area contributed by atoms with Gasteiger partial charge in [-0.1, -0.05) is 34.1 Å². The van der Waals surface area contributed by atoms with E-state index >= 15 is 0 Å². The van der Waals surface area contributed by atoms with E-state index in [-0.39, 0.29) is 0 Å². The summed E-state index contributed by atoms with van der Waals surface area (Å²) in [5, 5.41) is 10.6. The average Bonchev–Trinajstić information content (AvgIpc) is 2.88. The molecule has 1 heterocycles. The standard InChI is InChI=1S/C16H15BrO2/c1-10-13(3-2-4-14(10)17)16(18)12-5-6-15-11(9-12)7-8-19-15/h2-6,9,16,18H,7-8H2,1H3. The van der Waals surface area contributed by atoms with Crippen LogP contribution < -0.4 is 4.74 Å². The van der Waals surface area contributed by atoms with Crippen molar-refractivity contribution in [2.24, 2.45) is 0 Å². The molecule has 0 radical (unpaired) electrons. The maximum atomic E-state index is 10.6. The second-order valence-corrected chi connectivity index (χ2v) is 5.68. The third-order valence-electron chi connectivity index (χ3n) is 3.63. The van der Waals surface area contributed by atoms with E-state index in [4.69, 9.17) is 4.74 Å². The summed E-state index contributed by atoms with van der Waals surface area (Å²) < 4.78 is 6.51. The zero-order chi connectivity index (χ0) is 13.4. The van der Waals surface area contributed by atoms with Crippen LogP contribution in [0, 0.1) is 6.92 Å². The monoisotopic (exact) mass is 318 g/mol. The molecule has 1 aliphatic heterocycles. The van der Waals surface area contributed by atoms with Crippen molar-refractivity contribution in [2.45, 2.75) is 19.4 Å². The normalized spacial score (nSPS) is 14.9. The fraction of sp³-hybridized carbons (Fsp3) is 0.250. The quantitative estimate of drug-likeness (QED) is 0.913. The van der Waals surface area contributed by atoms with E-state index in [1.807, 2.05) is 43.3 Å². The fourth-order valence-corrected chi connectivity index (χ4v) is 2.86. The molecule has 0 aromatic heterocycles. The second kappa shape index (κ2) is 4.99. The highest BCUT2D eigenvalue weighted by Crippen LogP contribution is 2.33. The Morgan fingerprint density at radius 2 is 2.11 bits per heavy atom. The molecule has 0 aliphatic carbocycles. The molecule has 0 bridgehead atoms. The van der Waals surface area contributed by atoms with E-state index < -0.39 is 6.10 Å². The Hall–Kier alpha value is -1.32. The molecule has 0 saturated heterocycles. The number of aliphatic hydroxyl groups excluding tert-OH is 1. The average molecular weight is 319 g/mol. The zero-order valence-corrected chi connectivity index (χ0v) is 12.3. The first-order chi connectivity index (χ1) is 9.16. The molecule has 2 nitrogen and oxygen atoms in total. The zero-order valence-electron chi connectivity index (χ0n) is 10.7. The minimum absolute atomic E-state index is 0.594. The Kier molecular flexibility index (Phi) is 3.33. The van der Waals surface area contributed by atoms with Gasteiger partial charge in [0.05, 0.1) is 6.61 Å². The van der Waals surface area contributed by atoms with Gasteiger partial charge in [0, 0.05) is 10.9 Å². The number of hydrogen-bond acceptors (Lipinski definition) is 2. The molecule has 1 atom stereocenters. The third kappa shape index (κ3) is 2.28. The van der Waals surface area contributed by atoms with Gasteiger partial charge in [-0.25, -0.2) is 0 Å². The summed E-state index contributed by atoms with van der Waals surface area (Å²) in [6, 6.07) is 11.8. The summed E-state index contributed by atoms with van der Waals surface area (Å²) in [6.45, 7) is 2.75. The topological polar surface area (TPSA) is 29.5 Å². The lowest BCUT2D eigenvalue weighted by Gasteiger charge is -2.16. The lowest BCUT2D eigenvalue weighted by atomic mass is 9.96. The molecular formula is C16H15BrO2. The van der Waals surface area contributed by atoms with Crippen molar-refractivity contribution in [2.75, 3.05) is 6.61 Å². The summed E-state index contributed by atoms with van der Waals surface area (Å²) in [5.74, 6) is 0.946. The molecular weight excluding hydrogens is 304 g/mol. The lowest BCUT2D eigenvalue weighted by Crippen LogP contribution is -2.02. The Balaban J connectivity index is 2.00. The van der Waals surface area contributed by atoms with Crippen molar-refractivity contribution < 1.29 is 9.84 Å². The van der Waals surface area contributed by atoms with E-state index in [1.54, 1.807) is 0 Å². The minimum Gasteiger partial charge on any atom is -0.493 e. The highest BCUT2D eigenvalue weighted by atomic mass is 79.9. The molecule has 98 valence electrons. The van der Waals surface area contributed by atoms with Gasteiger partial charge in [0.2, 0.25) is 0 Å². The summed E-state index contributed by atoms with van der Waals surface area (Å²) in [4.78, 5) is 0. The van der Waals surface area contributed by atoms with E-state index in [0.717, 1.165) is 39.9 Å². The minimum atomic E-state index is -0.594. The number of aliphatic hydroxyl groups is 1. The number of benzene rings is 2. The van der Waals surface area contributed by atoms with Gasteiger partial charge in [0.15, 0.2) is 0 Å². The summed E-state index contributed by atoms with van der Waals surface area (Å²) in [6.07, 6.45) is 0.330. The smallest absolute Gasteiger partial charge is 0.122 e. The molecule has 1 unspecified atom stereocenters. The van der Waals surface area contributed by atoms with Crippen LogP contribution in [0.3, 0.4) is 0 Å². The van der Waals surface area contributed by atoms with Crippen LogP contribution in [0.25, 0.3) is 0 Å². The molecule has 0 amide bonds. The van der Waals surface area contributed by atoms with Crippen LogP contribution >= 0.6 is 15.9 Å².